The Morgan fingerprint density at radius 2 is 1.76 bits per heavy atom. The molecular weight excluding hydrogens is 621 g/mol. The Kier molecular flexibility index (Phi) is 9.46. The Balaban J connectivity index is 1.25. The lowest BCUT2D eigenvalue weighted by Gasteiger charge is -2.22. The second-order valence-electron chi connectivity index (χ2n) is 10.4. The van der Waals surface area contributed by atoms with Gasteiger partial charge < -0.3 is 14.8 Å². The zero-order chi connectivity index (χ0) is 33.0. The molecule has 0 atom stereocenters. The second-order valence-corrected chi connectivity index (χ2v) is 11.4. The summed E-state index contributed by atoms with van der Waals surface area (Å²) >= 11 is 1.20. The van der Waals surface area contributed by atoms with E-state index >= 15 is 0 Å². The van der Waals surface area contributed by atoms with Crippen LogP contribution in [0.15, 0.2) is 83.7 Å². The Bertz CT molecular complexity index is 1800. The van der Waals surface area contributed by atoms with Gasteiger partial charge in [-0.05, 0) is 72.5 Å². The predicted molar refractivity (Wildman–Crippen MR) is 170 cm³/mol. The molecular formula is C32H29F3N6O4S. The molecule has 10 nitrogen and oxygen atoms in total. The highest BCUT2D eigenvalue weighted by molar-refractivity contribution is 8.15. The maximum Gasteiger partial charge on any atom is 0.573 e. The number of allylic oxidation sites excluding steroid dienone is 1. The summed E-state index contributed by atoms with van der Waals surface area (Å²) in [5.74, 6) is 0.871. The van der Waals surface area contributed by atoms with Crippen LogP contribution in [0.2, 0.25) is 0 Å². The standard InChI is InChI=1S/C32H29F3N6O4S/c1-19(2)26-16-25(44-4)13-14-27(26)41-28(42)17-46-31(41)38-30(43)37-20(3)15-21-5-7-22(8-6-21)29-36-18-40(39-29)23-9-11-24(12-10-23)45-32(33,34)35/h5-16,18-19H,17H2,1-4H3,(H,37,43)/b20-15+,38-31-. The molecule has 1 fully saturated rings. The van der Waals surface area contributed by atoms with Gasteiger partial charge in [0.2, 0.25) is 5.91 Å². The Hall–Kier alpha value is -5.11. The number of amides is 3. The summed E-state index contributed by atoms with van der Waals surface area (Å²) in [4.78, 5) is 35.6. The van der Waals surface area contributed by atoms with E-state index in [0.717, 1.165) is 11.1 Å². The molecule has 0 aliphatic carbocycles. The number of anilines is 1. The van der Waals surface area contributed by atoms with Gasteiger partial charge in [-0.2, -0.15) is 4.99 Å². The molecule has 0 radical (unpaired) electrons. The van der Waals surface area contributed by atoms with Crippen molar-refractivity contribution in [2.45, 2.75) is 33.1 Å². The quantitative estimate of drug-likeness (QED) is 0.215. The molecule has 14 heteroatoms. The summed E-state index contributed by atoms with van der Waals surface area (Å²) in [7, 11) is 1.58. The van der Waals surface area contributed by atoms with Gasteiger partial charge in [0.25, 0.3) is 0 Å². The van der Waals surface area contributed by atoms with E-state index in [0.29, 0.717) is 39.4 Å². The second kappa shape index (κ2) is 13.5. The van der Waals surface area contributed by atoms with Crippen LogP contribution in [0.25, 0.3) is 23.2 Å². The fraction of sp³-hybridized carbons (Fsp3) is 0.219. The molecule has 46 heavy (non-hydrogen) atoms. The summed E-state index contributed by atoms with van der Waals surface area (Å²) in [6.45, 7) is 5.76. The van der Waals surface area contributed by atoms with E-state index in [-0.39, 0.29) is 23.3 Å². The van der Waals surface area contributed by atoms with Crippen molar-refractivity contribution < 1.29 is 32.2 Å². The van der Waals surface area contributed by atoms with Crippen molar-refractivity contribution in [2.24, 2.45) is 4.99 Å². The number of ether oxygens (including phenoxy) is 2. The summed E-state index contributed by atoms with van der Waals surface area (Å²) in [6.07, 6.45) is -1.54. The van der Waals surface area contributed by atoms with Crippen molar-refractivity contribution in [3.63, 3.8) is 0 Å². The van der Waals surface area contributed by atoms with E-state index in [1.54, 1.807) is 44.4 Å². The van der Waals surface area contributed by atoms with Crippen molar-refractivity contribution in [1.29, 1.82) is 0 Å². The van der Waals surface area contributed by atoms with Crippen LogP contribution in [-0.4, -0.2) is 51.1 Å². The number of amidine groups is 1. The Morgan fingerprint density at radius 3 is 2.41 bits per heavy atom. The van der Waals surface area contributed by atoms with Crippen molar-refractivity contribution >= 4 is 40.6 Å². The average molecular weight is 651 g/mol. The number of aliphatic imine (C=N–C) groups is 1. The maximum atomic E-state index is 12.9. The fourth-order valence-electron chi connectivity index (χ4n) is 4.63. The molecule has 1 aliphatic heterocycles. The summed E-state index contributed by atoms with van der Waals surface area (Å²) < 4.78 is 48.0. The highest BCUT2D eigenvalue weighted by Gasteiger charge is 2.33. The third kappa shape index (κ3) is 7.75. The van der Waals surface area contributed by atoms with Gasteiger partial charge in [0.15, 0.2) is 11.0 Å². The lowest BCUT2D eigenvalue weighted by atomic mass is 10.00. The molecule has 238 valence electrons. The van der Waals surface area contributed by atoms with Gasteiger partial charge in [0.05, 0.1) is 24.2 Å². The third-order valence-electron chi connectivity index (χ3n) is 6.74. The fourth-order valence-corrected chi connectivity index (χ4v) is 5.48. The number of rotatable bonds is 8. The minimum absolute atomic E-state index is 0.101. The van der Waals surface area contributed by atoms with Crippen LogP contribution >= 0.6 is 11.8 Å². The number of carbonyl (C=O) groups is 2. The van der Waals surface area contributed by atoms with Crippen molar-refractivity contribution in [3.8, 4) is 28.6 Å². The lowest BCUT2D eigenvalue weighted by molar-refractivity contribution is -0.274. The minimum atomic E-state index is -4.77. The van der Waals surface area contributed by atoms with E-state index in [9.17, 15) is 22.8 Å². The first-order valence-electron chi connectivity index (χ1n) is 14.0. The summed E-state index contributed by atoms with van der Waals surface area (Å²) in [5, 5.41) is 7.45. The number of nitrogens with one attached hydrogen (secondary N) is 1. The average Bonchev–Trinajstić information content (AvgIpc) is 3.63. The van der Waals surface area contributed by atoms with Crippen LogP contribution in [0.4, 0.5) is 23.7 Å². The molecule has 2 heterocycles. The van der Waals surface area contributed by atoms with Crippen LogP contribution in [0.1, 0.15) is 37.8 Å². The molecule has 0 unspecified atom stereocenters. The number of halogens is 3. The molecule has 1 N–H and O–H groups in total. The topological polar surface area (TPSA) is 111 Å². The third-order valence-corrected chi connectivity index (χ3v) is 7.67. The molecule has 1 aliphatic rings. The number of nitrogens with zero attached hydrogens (tertiary/aromatic N) is 5. The largest absolute Gasteiger partial charge is 0.573 e. The van der Waals surface area contributed by atoms with Crippen molar-refractivity contribution in [3.05, 3.63) is 89.9 Å². The molecule has 0 saturated carbocycles. The zero-order valence-electron chi connectivity index (χ0n) is 25.2. The lowest BCUT2D eigenvalue weighted by Crippen LogP contribution is -2.32. The highest BCUT2D eigenvalue weighted by Crippen LogP contribution is 2.35. The minimum Gasteiger partial charge on any atom is -0.497 e. The van der Waals surface area contributed by atoms with Gasteiger partial charge in [0.1, 0.15) is 17.8 Å². The van der Waals surface area contributed by atoms with E-state index in [1.165, 1.54) is 51.9 Å². The molecule has 3 amide bonds. The van der Waals surface area contributed by atoms with Gasteiger partial charge in [-0.25, -0.2) is 14.5 Å². The highest BCUT2D eigenvalue weighted by atomic mass is 32.2. The van der Waals surface area contributed by atoms with Crippen LogP contribution in [0, 0.1) is 0 Å². The molecule has 0 spiro atoms. The van der Waals surface area contributed by atoms with Gasteiger partial charge in [-0.1, -0.05) is 49.9 Å². The van der Waals surface area contributed by atoms with Gasteiger partial charge in [0, 0.05) is 11.3 Å². The van der Waals surface area contributed by atoms with E-state index in [1.807, 2.05) is 32.0 Å². The van der Waals surface area contributed by atoms with Crippen molar-refractivity contribution in [2.75, 3.05) is 17.8 Å². The maximum absolute atomic E-state index is 12.9. The molecule has 0 bridgehead atoms. The number of hydrogen-bond donors (Lipinski definition) is 1. The number of carbonyl (C=O) groups excluding carboxylic acids is 2. The SMILES string of the molecule is COc1ccc(N2C(=O)CS/C2=N\C(=O)N/C(C)=C/c2ccc(-c3ncn(-c4ccc(OC(F)(F)F)cc4)n3)cc2)c(C(C)C)c1. The molecule has 1 aromatic heterocycles. The monoisotopic (exact) mass is 650 g/mol. The number of aromatic nitrogens is 3. The van der Waals surface area contributed by atoms with Crippen LogP contribution in [-0.2, 0) is 4.79 Å². The number of benzene rings is 3. The van der Waals surface area contributed by atoms with Crippen LogP contribution in [0.5, 0.6) is 11.5 Å². The van der Waals surface area contributed by atoms with E-state index in [4.69, 9.17) is 4.74 Å². The first-order valence-corrected chi connectivity index (χ1v) is 15.0. The first kappa shape index (κ1) is 32.3. The number of methoxy groups -OCH3 is 1. The Labute approximate surface area is 266 Å². The molecule has 3 aromatic carbocycles. The number of alkyl halides is 3. The number of thioether (sulfide) groups is 1. The summed E-state index contributed by atoms with van der Waals surface area (Å²) in [5.41, 5.74) is 4.12. The zero-order valence-corrected chi connectivity index (χ0v) is 26.0. The van der Waals surface area contributed by atoms with Crippen molar-refractivity contribution in [1.82, 2.24) is 20.1 Å². The Morgan fingerprint density at radius 1 is 1.07 bits per heavy atom. The van der Waals surface area contributed by atoms with E-state index < -0.39 is 12.4 Å². The van der Waals surface area contributed by atoms with Crippen LogP contribution in [0.3, 0.4) is 0 Å². The predicted octanol–water partition coefficient (Wildman–Crippen LogP) is 7.17. The number of urea groups is 1. The van der Waals surface area contributed by atoms with Gasteiger partial charge >= 0.3 is 12.4 Å². The number of hydrogen-bond acceptors (Lipinski definition) is 7. The molecule has 5 rings (SSSR count). The molecule has 1 saturated heterocycles. The molecule has 4 aromatic rings. The van der Waals surface area contributed by atoms with Crippen LogP contribution < -0.4 is 19.7 Å². The smallest absolute Gasteiger partial charge is 0.497 e. The van der Waals surface area contributed by atoms with Gasteiger partial charge in [-0.3, -0.25) is 9.69 Å². The summed E-state index contributed by atoms with van der Waals surface area (Å²) in [6, 6.07) is 17.4. The van der Waals surface area contributed by atoms with E-state index in [2.05, 4.69) is 25.1 Å². The van der Waals surface area contributed by atoms with Gasteiger partial charge in [-0.15, -0.1) is 18.3 Å². The first-order chi connectivity index (χ1) is 21.9. The normalized spacial score (nSPS) is 14.7.